The summed E-state index contributed by atoms with van der Waals surface area (Å²) in [6.07, 6.45) is 7.45. The first-order valence-corrected chi connectivity index (χ1v) is 10.7. The lowest BCUT2D eigenvalue weighted by Crippen LogP contribution is -2.50. The average molecular weight is 410 g/mol. The van der Waals surface area contributed by atoms with Crippen molar-refractivity contribution in [2.45, 2.75) is 37.8 Å². The van der Waals surface area contributed by atoms with Crippen molar-refractivity contribution in [1.29, 1.82) is 0 Å². The molecule has 0 unspecified atom stereocenters. The van der Waals surface area contributed by atoms with E-state index in [1.54, 1.807) is 25.6 Å². The van der Waals surface area contributed by atoms with Gasteiger partial charge in [0.25, 0.3) is 5.91 Å². The number of benzene rings is 1. The maximum absolute atomic E-state index is 13.3. The molecule has 1 spiro atoms. The maximum Gasteiger partial charge on any atom is 0.255 e. The van der Waals surface area contributed by atoms with Gasteiger partial charge in [-0.05, 0) is 76.0 Å². The van der Waals surface area contributed by atoms with Crippen LogP contribution in [-0.4, -0.2) is 60.6 Å². The Morgan fingerprint density at radius 2 is 2.10 bits per heavy atom. The molecular weight excluding hydrogens is 378 g/mol. The molecule has 6 nitrogen and oxygen atoms in total. The van der Waals surface area contributed by atoms with Crippen molar-refractivity contribution in [3.63, 3.8) is 0 Å². The molecule has 1 fully saturated rings. The molecule has 0 atom stereocenters. The number of pyridine rings is 1. The molecule has 2 aromatic rings. The van der Waals surface area contributed by atoms with Crippen LogP contribution in [0.25, 0.3) is 0 Å². The van der Waals surface area contributed by atoms with Crippen LogP contribution in [0.4, 0.5) is 0 Å². The smallest absolute Gasteiger partial charge is 0.255 e. The van der Waals surface area contributed by atoms with Gasteiger partial charge in [-0.1, -0.05) is 0 Å². The van der Waals surface area contributed by atoms with Crippen molar-refractivity contribution >= 4 is 5.91 Å². The first-order valence-electron chi connectivity index (χ1n) is 10.7. The zero-order valence-electron chi connectivity index (χ0n) is 18.1. The van der Waals surface area contributed by atoms with Gasteiger partial charge in [0, 0.05) is 31.0 Å². The van der Waals surface area contributed by atoms with Crippen LogP contribution in [0.5, 0.6) is 11.5 Å². The third-order valence-electron chi connectivity index (χ3n) is 6.27. The van der Waals surface area contributed by atoms with Gasteiger partial charge in [-0.2, -0.15) is 0 Å². The molecule has 4 rings (SSSR count). The SMILES string of the molecule is COc1ccc2c(c1)CN(C(=O)c1cccnc1)CC1(CCC(CN(C)C)CC1)O2. The number of carbonyl (C=O) groups excluding carboxylic acids is 1. The zero-order valence-corrected chi connectivity index (χ0v) is 18.1. The fraction of sp³-hybridized carbons (Fsp3) is 0.500. The van der Waals surface area contributed by atoms with Crippen molar-refractivity contribution in [2.24, 2.45) is 5.92 Å². The molecule has 0 N–H and O–H groups in total. The number of fused-ring (bicyclic) bond motifs is 1. The van der Waals surface area contributed by atoms with Gasteiger partial charge in [-0.15, -0.1) is 0 Å². The number of carbonyl (C=O) groups is 1. The van der Waals surface area contributed by atoms with E-state index in [4.69, 9.17) is 9.47 Å². The van der Waals surface area contributed by atoms with Crippen molar-refractivity contribution in [3.05, 3.63) is 53.9 Å². The number of rotatable bonds is 4. The number of methoxy groups -OCH3 is 1. The molecule has 1 aromatic carbocycles. The summed E-state index contributed by atoms with van der Waals surface area (Å²) in [4.78, 5) is 21.7. The Kier molecular flexibility index (Phi) is 5.95. The van der Waals surface area contributed by atoms with Crippen molar-refractivity contribution < 1.29 is 14.3 Å². The zero-order chi connectivity index (χ0) is 21.1. The molecule has 6 heteroatoms. The average Bonchev–Trinajstić information content (AvgIpc) is 2.91. The maximum atomic E-state index is 13.3. The van der Waals surface area contributed by atoms with Gasteiger partial charge >= 0.3 is 0 Å². The normalized spacial score (nSPS) is 23.6. The van der Waals surface area contributed by atoms with E-state index in [-0.39, 0.29) is 11.5 Å². The van der Waals surface area contributed by atoms with Crippen molar-refractivity contribution in [1.82, 2.24) is 14.8 Å². The van der Waals surface area contributed by atoms with Crippen LogP contribution in [0.15, 0.2) is 42.7 Å². The Balaban J connectivity index is 1.63. The van der Waals surface area contributed by atoms with Crippen molar-refractivity contribution in [2.75, 3.05) is 34.3 Å². The number of hydrogen-bond acceptors (Lipinski definition) is 5. The summed E-state index contributed by atoms with van der Waals surface area (Å²) in [5, 5.41) is 0. The molecule has 1 saturated carbocycles. The standard InChI is InChI=1S/C24H31N3O3/c1-26(2)15-18-8-10-24(11-9-18)17-27(23(28)19-5-4-12-25-14-19)16-20-13-21(29-3)6-7-22(20)30-24/h4-7,12-14,18H,8-11,15-17H2,1-3H3. The quantitative estimate of drug-likeness (QED) is 0.772. The molecule has 0 bridgehead atoms. The van der Waals surface area contributed by atoms with E-state index < -0.39 is 0 Å². The second-order valence-corrected chi connectivity index (χ2v) is 8.87. The van der Waals surface area contributed by atoms with Gasteiger partial charge in [0.2, 0.25) is 0 Å². The summed E-state index contributed by atoms with van der Waals surface area (Å²) < 4.78 is 12.1. The van der Waals surface area contributed by atoms with Crippen LogP contribution >= 0.6 is 0 Å². The monoisotopic (exact) mass is 409 g/mol. The Bertz CT molecular complexity index is 877. The lowest BCUT2D eigenvalue weighted by molar-refractivity contribution is -0.00725. The van der Waals surface area contributed by atoms with Gasteiger partial charge in [0.15, 0.2) is 0 Å². The van der Waals surface area contributed by atoms with Crippen LogP contribution in [0.3, 0.4) is 0 Å². The highest BCUT2D eigenvalue weighted by Gasteiger charge is 2.42. The third-order valence-corrected chi connectivity index (χ3v) is 6.27. The van der Waals surface area contributed by atoms with E-state index in [1.807, 2.05) is 29.2 Å². The fourth-order valence-corrected chi connectivity index (χ4v) is 4.76. The van der Waals surface area contributed by atoms with Gasteiger partial charge in [0.05, 0.1) is 19.2 Å². The molecule has 1 amide bonds. The molecule has 0 radical (unpaired) electrons. The second kappa shape index (κ2) is 8.64. The predicted molar refractivity (Wildman–Crippen MR) is 116 cm³/mol. The largest absolute Gasteiger partial charge is 0.497 e. The number of ether oxygens (including phenoxy) is 2. The summed E-state index contributed by atoms with van der Waals surface area (Å²) in [6.45, 7) is 2.19. The van der Waals surface area contributed by atoms with Crippen LogP contribution in [0.2, 0.25) is 0 Å². The molecule has 30 heavy (non-hydrogen) atoms. The lowest BCUT2D eigenvalue weighted by Gasteiger charge is -2.42. The summed E-state index contributed by atoms with van der Waals surface area (Å²) in [7, 11) is 5.92. The molecule has 1 aliphatic carbocycles. The topological polar surface area (TPSA) is 54.9 Å². The van der Waals surface area contributed by atoms with Crippen LogP contribution in [0.1, 0.15) is 41.6 Å². The van der Waals surface area contributed by atoms with Gasteiger partial charge in [-0.3, -0.25) is 9.78 Å². The number of aromatic nitrogens is 1. The predicted octanol–water partition coefficient (Wildman–Crippen LogP) is 3.62. The molecule has 2 aliphatic rings. The number of amides is 1. The van der Waals surface area contributed by atoms with E-state index >= 15 is 0 Å². The highest BCUT2D eigenvalue weighted by atomic mass is 16.5. The van der Waals surface area contributed by atoms with E-state index in [1.165, 1.54) is 0 Å². The summed E-state index contributed by atoms with van der Waals surface area (Å²) in [6, 6.07) is 9.53. The highest BCUT2D eigenvalue weighted by Crippen LogP contribution is 2.41. The van der Waals surface area contributed by atoms with Crippen molar-refractivity contribution in [3.8, 4) is 11.5 Å². The minimum atomic E-state index is -0.347. The highest BCUT2D eigenvalue weighted by molar-refractivity contribution is 5.94. The van der Waals surface area contributed by atoms with Gasteiger partial charge in [-0.25, -0.2) is 0 Å². The number of nitrogens with zero attached hydrogens (tertiary/aromatic N) is 3. The number of hydrogen-bond donors (Lipinski definition) is 0. The molecule has 0 saturated heterocycles. The van der Waals surface area contributed by atoms with E-state index in [0.717, 1.165) is 49.3 Å². The third kappa shape index (κ3) is 4.43. The lowest BCUT2D eigenvalue weighted by atomic mass is 9.78. The van der Waals surface area contributed by atoms with Crippen LogP contribution < -0.4 is 9.47 Å². The minimum Gasteiger partial charge on any atom is -0.497 e. The van der Waals surface area contributed by atoms with E-state index in [9.17, 15) is 4.79 Å². The molecular formula is C24H31N3O3. The van der Waals surface area contributed by atoms with Crippen LogP contribution in [-0.2, 0) is 6.54 Å². The molecule has 160 valence electrons. The van der Waals surface area contributed by atoms with Gasteiger partial charge < -0.3 is 19.3 Å². The minimum absolute atomic E-state index is 0.00263. The Labute approximate surface area is 178 Å². The fourth-order valence-electron chi connectivity index (χ4n) is 4.76. The van der Waals surface area contributed by atoms with Crippen LogP contribution in [0, 0.1) is 5.92 Å². The Morgan fingerprint density at radius 1 is 1.30 bits per heavy atom. The summed E-state index contributed by atoms with van der Waals surface area (Å²) >= 11 is 0. The second-order valence-electron chi connectivity index (χ2n) is 8.87. The first kappa shape index (κ1) is 20.7. The van der Waals surface area contributed by atoms with Gasteiger partial charge in [0.1, 0.15) is 17.1 Å². The summed E-state index contributed by atoms with van der Waals surface area (Å²) in [5.74, 6) is 2.31. The molecule has 1 aliphatic heterocycles. The Hall–Kier alpha value is -2.60. The summed E-state index contributed by atoms with van der Waals surface area (Å²) in [5.41, 5.74) is 1.25. The molecule has 2 heterocycles. The van der Waals surface area contributed by atoms with E-state index in [0.29, 0.717) is 24.6 Å². The first-order chi connectivity index (χ1) is 14.5. The van der Waals surface area contributed by atoms with E-state index in [2.05, 4.69) is 24.0 Å². The Morgan fingerprint density at radius 3 is 2.77 bits per heavy atom. The molecule has 1 aromatic heterocycles.